The zero-order valence-corrected chi connectivity index (χ0v) is 16.1. The number of nitrogens with zero attached hydrogens (tertiary/aromatic N) is 3. The lowest BCUT2D eigenvalue weighted by molar-refractivity contribution is 0.0128. The molecule has 1 aromatic heterocycles. The third-order valence-corrected chi connectivity index (χ3v) is 4.80. The first-order chi connectivity index (χ1) is 12.2. The van der Waals surface area contributed by atoms with E-state index in [9.17, 15) is 0 Å². The van der Waals surface area contributed by atoms with E-state index in [1.807, 2.05) is 47.1 Å². The summed E-state index contributed by atoms with van der Waals surface area (Å²) < 4.78 is 9.04. The molecule has 0 aliphatic rings. The molecule has 0 radical (unpaired) electrons. The molecule has 0 saturated heterocycles. The van der Waals surface area contributed by atoms with Crippen LogP contribution in [0.1, 0.15) is 31.9 Å². The maximum atomic E-state index is 6.07. The summed E-state index contributed by atoms with van der Waals surface area (Å²) in [5.74, 6) is 0.737. The highest BCUT2D eigenvalue weighted by Crippen LogP contribution is 2.22. The van der Waals surface area contributed by atoms with Gasteiger partial charge >= 0.3 is 0 Å². The van der Waals surface area contributed by atoms with Crippen LogP contribution in [0.5, 0.6) is 0 Å². The van der Waals surface area contributed by atoms with Gasteiger partial charge in [0.05, 0.1) is 18.8 Å². The molecule has 130 valence electrons. The zero-order chi connectivity index (χ0) is 17.6. The van der Waals surface area contributed by atoms with Crippen molar-refractivity contribution in [3.05, 3.63) is 71.0 Å². The normalized spacial score (nSPS) is 13.6. The standard InChI is InChI=1S/C20H22BrN3O/c1-3-19(15(2)25-13-16-7-5-4-6-8-16)24-14-22-20(23-24)17-9-11-18(21)12-10-17/h4-12,14-15,19H,3,13H2,1-2H3/t15-,19-/m0/s1. The van der Waals surface area contributed by atoms with Crippen molar-refractivity contribution in [3.8, 4) is 11.4 Å². The van der Waals surface area contributed by atoms with Crippen LogP contribution in [-0.2, 0) is 11.3 Å². The predicted molar refractivity (Wildman–Crippen MR) is 103 cm³/mol. The summed E-state index contributed by atoms with van der Waals surface area (Å²) in [4.78, 5) is 4.47. The van der Waals surface area contributed by atoms with Crippen LogP contribution in [0.15, 0.2) is 65.4 Å². The summed E-state index contributed by atoms with van der Waals surface area (Å²) >= 11 is 3.45. The highest BCUT2D eigenvalue weighted by molar-refractivity contribution is 9.10. The van der Waals surface area contributed by atoms with Crippen LogP contribution < -0.4 is 0 Å². The second-order valence-electron chi connectivity index (χ2n) is 6.03. The Labute approximate surface area is 157 Å². The average Bonchev–Trinajstić information content (AvgIpc) is 3.12. The van der Waals surface area contributed by atoms with Gasteiger partial charge in [0.25, 0.3) is 0 Å². The van der Waals surface area contributed by atoms with E-state index in [1.54, 1.807) is 6.33 Å². The second-order valence-corrected chi connectivity index (χ2v) is 6.95. The summed E-state index contributed by atoms with van der Waals surface area (Å²) in [5.41, 5.74) is 2.19. The van der Waals surface area contributed by atoms with Crippen LogP contribution in [0.25, 0.3) is 11.4 Å². The fraction of sp³-hybridized carbons (Fsp3) is 0.300. The third-order valence-electron chi connectivity index (χ3n) is 4.27. The Morgan fingerprint density at radius 3 is 2.48 bits per heavy atom. The van der Waals surface area contributed by atoms with Gasteiger partial charge in [-0.25, -0.2) is 9.67 Å². The number of aromatic nitrogens is 3. The minimum Gasteiger partial charge on any atom is -0.372 e. The summed E-state index contributed by atoms with van der Waals surface area (Å²) in [6, 6.07) is 18.4. The molecule has 0 amide bonds. The maximum Gasteiger partial charge on any atom is 0.181 e. The third kappa shape index (κ3) is 4.55. The van der Waals surface area contributed by atoms with E-state index in [0.717, 1.165) is 22.3 Å². The SMILES string of the molecule is CC[C@@H]([C@H](C)OCc1ccccc1)n1cnc(-c2ccc(Br)cc2)n1. The van der Waals surface area contributed by atoms with E-state index < -0.39 is 0 Å². The molecule has 0 unspecified atom stereocenters. The molecule has 2 atom stereocenters. The molecule has 25 heavy (non-hydrogen) atoms. The van der Waals surface area contributed by atoms with Crippen molar-refractivity contribution >= 4 is 15.9 Å². The van der Waals surface area contributed by atoms with Crippen LogP contribution in [0, 0.1) is 0 Å². The Morgan fingerprint density at radius 1 is 1.08 bits per heavy atom. The molecule has 1 heterocycles. The molecule has 0 aliphatic carbocycles. The van der Waals surface area contributed by atoms with E-state index in [-0.39, 0.29) is 12.1 Å². The molecule has 4 nitrogen and oxygen atoms in total. The van der Waals surface area contributed by atoms with Crippen molar-refractivity contribution in [2.24, 2.45) is 0 Å². The van der Waals surface area contributed by atoms with Crippen molar-refractivity contribution in [2.45, 2.75) is 39.0 Å². The smallest absolute Gasteiger partial charge is 0.181 e. The number of hydrogen-bond donors (Lipinski definition) is 0. The predicted octanol–water partition coefficient (Wildman–Crippen LogP) is 5.26. The number of halogens is 1. The topological polar surface area (TPSA) is 39.9 Å². The average molecular weight is 400 g/mol. The fourth-order valence-corrected chi connectivity index (χ4v) is 3.08. The van der Waals surface area contributed by atoms with Crippen molar-refractivity contribution < 1.29 is 4.74 Å². The van der Waals surface area contributed by atoms with Crippen molar-refractivity contribution in [1.29, 1.82) is 0 Å². The van der Waals surface area contributed by atoms with E-state index in [4.69, 9.17) is 4.74 Å². The molecule has 0 fully saturated rings. The van der Waals surface area contributed by atoms with E-state index in [0.29, 0.717) is 6.61 Å². The molecule has 2 aromatic carbocycles. The van der Waals surface area contributed by atoms with Crippen LogP contribution in [0.2, 0.25) is 0 Å². The Kier molecular flexibility index (Phi) is 6.00. The van der Waals surface area contributed by atoms with Gasteiger partial charge in [-0.3, -0.25) is 0 Å². The van der Waals surface area contributed by atoms with Crippen LogP contribution in [0.4, 0.5) is 0 Å². The number of hydrogen-bond acceptors (Lipinski definition) is 3. The Bertz CT molecular complexity index is 786. The fourth-order valence-electron chi connectivity index (χ4n) is 2.81. The summed E-state index contributed by atoms with van der Waals surface area (Å²) in [7, 11) is 0. The number of rotatable bonds is 7. The minimum atomic E-state index is 0.0460. The number of ether oxygens (including phenoxy) is 1. The van der Waals surface area contributed by atoms with E-state index in [1.165, 1.54) is 5.56 Å². The van der Waals surface area contributed by atoms with Crippen molar-refractivity contribution in [2.75, 3.05) is 0 Å². The zero-order valence-electron chi connectivity index (χ0n) is 14.5. The van der Waals surface area contributed by atoms with Gasteiger partial charge in [-0.05, 0) is 31.0 Å². The molecular formula is C20H22BrN3O. The van der Waals surface area contributed by atoms with Gasteiger partial charge in [0.2, 0.25) is 0 Å². The maximum absolute atomic E-state index is 6.07. The first kappa shape index (κ1) is 17.8. The molecular weight excluding hydrogens is 378 g/mol. The highest BCUT2D eigenvalue weighted by atomic mass is 79.9. The second kappa shape index (κ2) is 8.41. The largest absolute Gasteiger partial charge is 0.372 e. The van der Waals surface area contributed by atoms with Gasteiger partial charge in [0, 0.05) is 10.0 Å². The Balaban J connectivity index is 1.69. The molecule has 0 N–H and O–H groups in total. The van der Waals surface area contributed by atoms with E-state index >= 15 is 0 Å². The molecule has 0 saturated carbocycles. The Hall–Kier alpha value is -1.98. The molecule has 0 bridgehead atoms. The summed E-state index contributed by atoms with van der Waals surface area (Å²) in [5, 5.41) is 4.67. The monoisotopic (exact) mass is 399 g/mol. The molecule has 0 aliphatic heterocycles. The molecule has 0 spiro atoms. The van der Waals surface area contributed by atoms with Crippen LogP contribution >= 0.6 is 15.9 Å². The Morgan fingerprint density at radius 2 is 1.80 bits per heavy atom. The van der Waals surface area contributed by atoms with Crippen molar-refractivity contribution in [3.63, 3.8) is 0 Å². The van der Waals surface area contributed by atoms with Gasteiger partial charge in [0.1, 0.15) is 6.33 Å². The number of benzene rings is 2. The van der Waals surface area contributed by atoms with Gasteiger partial charge in [-0.2, -0.15) is 5.10 Å². The minimum absolute atomic E-state index is 0.0460. The van der Waals surface area contributed by atoms with Gasteiger partial charge in [-0.15, -0.1) is 0 Å². The van der Waals surface area contributed by atoms with E-state index in [2.05, 4.69) is 52.0 Å². The quantitative estimate of drug-likeness (QED) is 0.543. The molecule has 5 heteroatoms. The first-order valence-electron chi connectivity index (χ1n) is 8.50. The van der Waals surface area contributed by atoms with Gasteiger partial charge in [-0.1, -0.05) is 65.3 Å². The lowest BCUT2D eigenvalue weighted by Gasteiger charge is -2.23. The highest BCUT2D eigenvalue weighted by Gasteiger charge is 2.20. The summed E-state index contributed by atoms with van der Waals surface area (Å²) in [6.07, 6.45) is 2.78. The first-order valence-corrected chi connectivity index (χ1v) is 9.29. The lowest BCUT2D eigenvalue weighted by Crippen LogP contribution is -2.24. The summed E-state index contributed by atoms with van der Waals surface area (Å²) in [6.45, 7) is 4.85. The molecule has 3 rings (SSSR count). The lowest BCUT2D eigenvalue weighted by atomic mass is 10.1. The van der Waals surface area contributed by atoms with Gasteiger partial charge in [0.15, 0.2) is 5.82 Å². The van der Waals surface area contributed by atoms with Crippen LogP contribution in [-0.4, -0.2) is 20.9 Å². The van der Waals surface area contributed by atoms with Crippen LogP contribution in [0.3, 0.4) is 0 Å². The van der Waals surface area contributed by atoms with Gasteiger partial charge < -0.3 is 4.74 Å². The molecule has 3 aromatic rings. The van der Waals surface area contributed by atoms with Crippen molar-refractivity contribution in [1.82, 2.24) is 14.8 Å².